The second-order valence-corrected chi connectivity index (χ2v) is 6.58. The molecule has 1 aliphatic heterocycles. The minimum Gasteiger partial charge on any atom is -0.355 e. The molecule has 26 heavy (non-hydrogen) atoms. The van der Waals surface area contributed by atoms with Crippen LogP contribution >= 0.6 is 23.2 Å². The summed E-state index contributed by atoms with van der Waals surface area (Å²) in [5.41, 5.74) is 0.440. The SMILES string of the molecule is O=C(Nc1c(Cl)cccc1Cl)C1CN(c2cc(-n3cncn3)ncn2)C1. The van der Waals surface area contributed by atoms with Crippen molar-refractivity contribution in [2.24, 2.45) is 5.92 Å². The highest BCUT2D eigenvalue weighted by molar-refractivity contribution is 6.39. The van der Waals surface area contributed by atoms with Crippen LogP contribution in [-0.2, 0) is 4.79 Å². The summed E-state index contributed by atoms with van der Waals surface area (Å²) < 4.78 is 1.55. The Hall–Kier alpha value is -2.71. The summed E-state index contributed by atoms with van der Waals surface area (Å²) in [7, 11) is 0. The molecular formula is C16H13Cl2N7O. The molecule has 1 saturated heterocycles. The number of nitrogens with zero attached hydrogens (tertiary/aromatic N) is 6. The van der Waals surface area contributed by atoms with Crippen molar-refractivity contribution in [1.29, 1.82) is 0 Å². The smallest absolute Gasteiger partial charge is 0.231 e. The molecule has 1 aromatic carbocycles. The van der Waals surface area contributed by atoms with Gasteiger partial charge in [0.05, 0.1) is 21.7 Å². The van der Waals surface area contributed by atoms with Gasteiger partial charge in [-0.05, 0) is 12.1 Å². The van der Waals surface area contributed by atoms with E-state index in [1.54, 1.807) is 35.3 Å². The summed E-state index contributed by atoms with van der Waals surface area (Å²) in [6.45, 7) is 1.09. The molecule has 2 aromatic heterocycles. The molecule has 3 heterocycles. The number of anilines is 2. The number of para-hydroxylation sites is 1. The Morgan fingerprint density at radius 3 is 2.54 bits per heavy atom. The average Bonchev–Trinajstić information content (AvgIpc) is 3.12. The van der Waals surface area contributed by atoms with Gasteiger partial charge in [0.2, 0.25) is 5.91 Å². The number of halogens is 2. The van der Waals surface area contributed by atoms with Crippen molar-refractivity contribution in [1.82, 2.24) is 24.7 Å². The van der Waals surface area contributed by atoms with Gasteiger partial charge in [0, 0.05) is 19.2 Å². The molecule has 0 saturated carbocycles. The quantitative estimate of drug-likeness (QED) is 0.736. The molecule has 1 fully saturated rings. The fourth-order valence-electron chi connectivity index (χ4n) is 2.64. The molecular weight excluding hydrogens is 377 g/mol. The maximum absolute atomic E-state index is 12.4. The summed E-state index contributed by atoms with van der Waals surface area (Å²) >= 11 is 12.2. The Labute approximate surface area is 158 Å². The van der Waals surface area contributed by atoms with Crippen LogP contribution in [0.25, 0.3) is 5.82 Å². The maximum atomic E-state index is 12.4. The zero-order chi connectivity index (χ0) is 18.1. The number of aromatic nitrogens is 5. The number of carbonyl (C=O) groups excluding carboxylic acids is 1. The van der Waals surface area contributed by atoms with E-state index in [4.69, 9.17) is 23.2 Å². The molecule has 1 amide bonds. The number of nitrogens with one attached hydrogen (secondary N) is 1. The van der Waals surface area contributed by atoms with Gasteiger partial charge in [0.1, 0.15) is 24.8 Å². The van der Waals surface area contributed by atoms with E-state index >= 15 is 0 Å². The normalized spacial score (nSPS) is 14.2. The number of amides is 1. The third-order valence-electron chi connectivity index (χ3n) is 4.08. The molecule has 0 radical (unpaired) electrons. The monoisotopic (exact) mass is 389 g/mol. The van der Waals surface area contributed by atoms with Crippen molar-refractivity contribution in [2.75, 3.05) is 23.3 Å². The van der Waals surface area contributed by atoms with E-state index in [9.17, 15) is 4.79 Å². The molecule has 0 atom stereocenters. The fourth-order valence-corrected chi connectivity index (χ4v) is 3.13. The van der Waals surface area contributed by atoms with E-state index in [2.05, 4.69) is 25.4 Å². The van der Waals surface area contributed by atoms with Crippen LogP contribution in [-0.4, -0.2) is 43.7 Å². The van der Waals surface area contributed by atoms with Gasteiger partial charge in [-0.2, -0.15) is 5.10 Å². The first-order valence-corrected chi connectivity index (χ1v) is 8.54. The molecule has 4 rings (SSSR count). The van der Waals surface area contributed by atoms with Crippen molar-refractivity contribution < 1.29 is 4.79 Å². The zero-order valence-corrected chi connectivity index (χ0v) is 14.9. The summed E-state index contributed by atoms with van der Waals surface area (Å²) in [5, 5.41) is 7.67. The van der Waals surface area contributed by atoms with Crippen LogP contribution in [0.15, 0.2) is 43.2 Å². The fraction of sp³-hybridized carbons (Fsp3) is 0.188. The van der Waals surface area contributed by atoms with Crippen LogP contribution in [0.5, 0.6) is 0 Å². The van der Waals surface area contributed by atoms with Gasteiger partial charge in [-0.25, -0.2) is 19.6 Å². The summed E-state index contributed by atoms with van der Waals surface area (Å²) in [6.07, 6.45) is 4.46. The van der Waals surface area contributed by atoms with E-state index in [0.717, 1.165) is 5.82 Å². The first-order chi connectivity index (χ1) is 12.6. The van der Waals surface area contributed by atoms with E-state index in [1.807, 2.05) is 4.90 Å². The highest BCUT2D eigenvalue weighted by Gasteiger charge is 2.34. The van der Waals surface area contributed by atoms with Crippen molar-refractivity contribution in [3.8, 4) is 5.82 Å². The van der Waals surface area contributed by atoms with Crippen LogP contribution in [0.4, 0.5) is 11.5 Å². The van der Waals surface area contributed by atoms with Crippen molar-refractivity contribution in [2.45, 2.75) is 0 Å². The number of hydrogen-bond acceptors (Lipinski definition) is 6. The van der Waals surface area contributed by atoms with Gasteiger partial charge in [0.25, 0.3) is 0 Å². The Kier molecular flexibility index (Phi) is 4.44. The Morgan fingerprint density at radius 1 is 1.12 bits per heavy atom. The first kappa shape index (κ1) is 16.7. The molecule has 0 aliphatic carbocycles. The zero-order valence-electron chi connectivity index (χ0n) is 13.4. The Morgan fingerprint density at radius 2 is 1.85 bits per heavy atom. The first-order valence-electron chi connectivity index (χ1n) is 7.78. The molecule has 8 nitrogen and oxygen atoms in total. The van der Waals surface area contributed by atoms with E-state index in [0.29, 0.717) is 34.6 Å². The van der Waals surface area contributed by atoms with Crippen LogP contribution in [0.1, 0.15) is 0 Å². The summed E-state index contributed by atoms with van der Waals surface area (Å²) in [6, 6.07) is 6.90. The van der Waals surface area contributed by atoms with Crippen molar-refractivity contribution in [3.63, 3.8) is 0 Å². The van der Waals surface area contributed by atoms with Crippen LogP contribution < -0.4 is 10.2 Å². The minimum atomic E-state index is -0.174. The van der Waals surface area contributed by atoms with E-state index in [1.165, 1.54) is 12.7 Å². The highest BCUT2D eigenvalue weighted by Crippen LogP contribution is 2.31. The van der Waals surface area contributed by atoms with Crippen LogP contribution in [0, 0.1) is 5.92 Å². The molecule has 0 spiro atoms. The lowest BCUT2D eigenvalue weighted by Gasteiger charge is -2.39. The topological polar surface area (TPSA) is 88.8 Å². The van der Waals surface area contributed by atoms with Gasteiger partial charge in [0.15, 0.2) is 5.82 Å². The minimum absolute atomic E-state index is 0.123. The molecule has 1 aliphatic rings. The van der Waals surface area contributed by atoms with Gasteiger partial charge in [-0.1, -0.05) is 29.3 Å². The standard InChI is InChI=1S/C16H13Cl2N7O/c17-11-2-1-3-12(18)15(11)23-16(26)10-5-24(6-10)13-4-14(21-8-20-13)25-9-19-7-22-25/h1-4,7-10H,5-6H2,(H,23,26). The van der Waals surface area contributed by atoms with Gasteiger partial charge < -0.3 is 10.2 Å². The van der Waals surface area contributed by atoms with E-state index < -0.39 is 0 Å². The Balaban J connectivity index is 1.41. The van der Waals surface area contributed by atoms with Gasteiger partial charge in [-0.15, -0.1) is 0 Å². The molecule has 10 heteroatoms. The van der Waals surface area contributed by atoms with Crippen molar-refractivity contribution >= 4 is 40.6 Å². The molecule has 0 bridgehead atoms. The second-order valence-electron chi connectivity index (χ2n) is 5.76. The third-order valence-corrected chi connectivity index (χ3v) is 4.71. The lowest BCUT2D eigenvalue weighted by molar-refractivity contribution is -0.120. The largest absolute Gasteiger partial charge is 0.355 e. The molecule has 3 aromatic rings. The van der Waals surface area contributed by atoms with Crippen LogP contribution in [0.3, 0.4) is 0 Å². The maximum Gasteiger partial charge on any atom is 0.231 e. The summed E-state index contributed by atoms with van der Waals surface area (Å²) in [4.78, 5) is 26.7. The predicted octanol–water partition coefficient (Wildman–Crippen LogP) is 2.44. The highest BCUT2D eigenvalue weighted by atomic mass is 35.5. The molecule has 132 valence electrons. The molecule has 1 N–H and O–H groups in total. The predicted molar refractivity (Wildman–Crippen MR) is 97.7 cm³/mol. The van der Waals surface area contributed by atoms with Gasteiger partial charge >= 0.3 is 0 Å². The lowest BCUT2D eigenvalue weighted by atomic mass is 9.99. The van der Waals surface area contributed by atoms with Gasteiger partial charge in [-0.3, -0.25) is 4.79 Å². The number of hydrogen-bond donors (Lipinski definition) is 1. The van der Waals surface area contributed by atoms with Crippen molar-refractivity contribution in [3.05, 3.63) is 53.3 Å². The second kappa shape index (κ2) is 6.89. The van der Waals surface area contributed by atoms with E-state index in [-0.39, 0.29) is 11.8 Å². The molecule has 0 unspecified atom stereocenters. The third kappa shape index (κ3) is 3.21. The lowest BCUT2D eigenvalue weighted by Crippen LogP contribution is -2.52. The van der Waals surface area contributed by atoms with Crippen LogP contribution in [0.2, 0.25) is 10.0 Å². The Bertz CT molecular complexity index is 921. The number of rotatable bonds is 4. The number of benzene rings is 1. The number of carbonyl (C=O) groups is 1. The average molecular weight is 390 g/mol. The summed E-state index contributed by atoms with van der Waals surface area (Å²) in [5.74, 6) is 1.04.